The lowest BCUT2D eigenvalue weighted by Gasteiger charge is -2.29. The maximum Gasteiger partial charge on any atom is 0.0437 e. The molecule has 2 rings (SSSR count). The first-order valence-corrected chi connectivity index (χ1v) is 6.22. The second-order valence-corrected chi connectivity index (χ2v) is 5.17. The maximum absolute atomic E-state index is 6.10. The van der Waals surface area contributed by atoms with Gasteiger partial charge in [-0.3, -0.25) is 0 Å². The third-order valence-corrected chi connectivity index (χ3v) is 3.74. The van der Waals surface area contributed by atoms with Crippen LogP contribution >= 0.6 is 15.9 Å². The van der Waals surface area contributed by atoms with Gasteiger partial charge in [0.1, 0.15) is 0 Å². The summed E-state index contributed by atoms with van der Waals surface area (Å²) in [6.45, 7) is 0. The molecule has 1 saturated carbocycles. The van der Waals surface area contributed by atoms with E-state index in [9.17, 15) is 0 Å². The van der Waals surface area contributed by atoms with Crippen molar-refractivity contribution in [3.63, 3.8) is 0 Å². The van der Waals surface area contributed by atoms with Gasteiger partial charge < -0.3 is 10.6 Å². The van der Waals surface area contributed by atoms with Gasteiger partial charge in [0.2, 0.25) is 0 Å². The first kappa shape index (κ1) is 11.0. The van der Waals surface area contributed by atoms with E-state index < -0.39 is 0 Å². The van der Waals surface area contributed by atoms with Crippen molar-refractivity contribution in [1.29, 1.82) is 0 Å². The molecule has 82 valence electrons. The number of nitrogens with two attached hydrogens (primary N) is 1. The summed E-state index contributed by atoms with van der Waals surface area (Å²) >= 11 is 3.50. The van der Waals surface area contributed by atoms with Gasteiger partial charge in [0.25, 0.3) is 0 Å². The summed E-state index contributed by atoms with van der Waals surface area (Å²) in [5, 5.41) is 0. The topological polar surface area (TPSA) is 29.3 Å². The molecule has 0 bridgehead atoms. The predicted molar refractivity (Wildman–Crippen MR) is 68.2 cm³/mol. The van der Waals surface area contributed by atoms with E-state index in [4.69, 9.17) is 5.73 Å². The van der Waals surface area contributed by atoms with Crippen molar-refractivity contribution in [2.75, 3.05) is 11.9 Å². The van der Waals surface area contributed by atoms with E-state index in [0.29, 0.717) is 12.1 Å². The lowest BCUT2D eigenvalue weighted by atomic mass is 10.1. The number of nitrogens with zero attached hydrogens (tertiary/aromatic N) is 1. The molecule has 2 nitrogen and oxygen atoms in total. The smallest absolute Gasteiger partial charge is 0.0437 e. The van der Waals surface area contributed by atoms with Gasteiger partial charge in [-0.15, -0.1) is 0 Å². The highest BCUT2D eigenvalue weighted by Gasteiger charge is 2.27. The number of likely N-dealkylation sites (N-methyl/N-ethyl adjacent to an activating group) is 1. The van der Waals surface area contributed by atoms with Crippen LogP contribution in [-0.4, -0.2) is 19.1 Å². The molecule has 0 aliphatic heterocycles. The number of hydrogen-bond acceptors (Lipinski definition) is 2. The lowest BCUT2D eigenvalue weighted by Crippen LogP contribution is -2.42. The van der Waals surface area contributed by atoms with Gasteiger partial charge in [0.15, 0.2) is 0 Å². The van der Waals surface area contributed by atoms with Crippen molar-refractivity contribution in [2.45, 2.75) is 31.3 Å². The molecule has 3 heteroatoms. The highest BCUT2D eigenvalue weighted by atomic mass is 79.9. The van der Waals surface area contributed by atoms with Gasteiger partial charge in [0, 0.05) is 29.3 Å². The van der Waals surface area contributed by atoms with Gasteiger partial charge in [0.05, 0.1) is 0 Å². The molecule has 2 unspecified atom stereocenters. The fourth-order valence-electron chi connectivity index (χ4n) is 2.34. The molecule has 0 amide bonds. The quantitative estimate of drug-likeness (QED) is 0.894. The average Bonchev–Trinajstić information content (AvgIpc) is 2.63. The summed E-state index contributed by atoms with van der Waals surface area (Å²) in [6.07, 6.45) is 3.62. The molecule has 1 fully saturated rings. The minimum absolute atomic E-state index is 0.328. The van der Waals surface area contributed by atoms with Crippen LogP contribution in [0.2, 0.25) is 0 Å². The van der Waals surface area contributed by atoms with Crippen LogP contribution in [0.25, 0.3) is 0 Å². The van der Waals surface area contributed by atoms with Crippen LogP contribution in [0.3, 0.4) is 0 Å². The van der Waals surface area contributed by atoms with E-state index in [1.54, 1.807) is 0 Å². The third kappa shape index (κ3) is 2.34. The van der Waals surface area contributed by atoms with Gasteiger partial charge in [-0.25, -0.2) is 0 Å². The molecular formula is C12H17BrN2. The highest BCUT2D eigenvalue weighted by Crippen LogP contribution is 2.27. The summed E-state index contributed by atoms with van der Waals surface area (Å²) < 4.78 is 1.12. The Morgan fingerprint density at radius 1 is 1.40 bits per heavy atom. The molecule has 1 aliphatic carbocycles. The van der Waals surface area contributed by atoms with E-state index >= 15 is 0 Å². The molecule has 15 heavy (non-hydrogen) atoms. The van der Waals surface area contributed by atoms with E-state index in [0.717, 1.165) is 10.9 Å². The lowest BCUT2D eigenvalue weighted by molar-refractivity contribution is 0.572. The zero-order valence-corrected chi connectivity index (χ0v) is 10.6. The minimum atomic E-state index is 0.328. The van der Waals surface area contributed by atoms with Crippen LogP contribution in [0.15, 0.2) is 28.7 Å². The standard InChI is InChI=1S/C12H17BrN2/c1-15(12-7-3-6-11(12)14)10-5-2-4-9(13)8-10/h2,4-5,8,11-12H,3,6-7,14H2,1H3. The first-order valence-electron chi connectivity index (χ1n) is 5.42. The third-order valence-electron chi connectivity index (χ3n) is 3.24. The summed E-state index contributed by atoms with van der Waals surface area (Å²) in [7, 11) is 2.14. The van der Waals surface area contributed by atoms with Crippen molar-refractivity contribution in [3.8, 4) is 0 Å². The van der Waals surface area contributed by atoms with Crippen molar-refractivity contribution in [2.24, 2.45) is 5.73 Å². The fraction of sp³-hybridized carbons (Fsp3) is 0.500. The Bertz CT molecular complexity index is 340. The summed E-state index contributed by atoms with van der Waals surface area (Å²) in [4.78, 5) is 2.31. The minimum Gasteiger partial charge on any atom is -0.370 e. The van der Waals surface area contributed by atoms with Crippen molar-refractivity contribution in [1.82, 2.24) is 0 Å². The molecule has 1 aliphatic rings. The number of hydrogen-bond donors (Lipinski definition) is 1. The number of anilines is 1. The second kappa shape index (κ2) is 4.54. The predicted octanol–water partition coefficient (Wildman–Crippen LogP) is 2.77. The molecule has 0 spiro atoms. The molecule has 1 aromatic carbocycles. The maximum atomic E-state index is 6.10. The Kier molecular flexibility index (Phi) is 3.32. The molecule has 0 aromatic heterocycles. The first-order chi connectivity index (χ1) is 7.18. The Labute approximate surface area is 99.6 Å². The van der Waals surface area contributed by atoms with Crippen LogP contribution in [0.5, 0.6) is 0 Å². The highest BCUT2D eigenvalue weighted by molar-refractivity contribution is 9.10. The molecule has 0 radical (unpaired) electrons. The molecule has 1 aromatic rings. The van der Waals surface area contributed by atoms with Crippen LogP contribution < -0.4 is 10.6 Å². The van der Waals surface area contributed by atoms with Gasteiger partial charge >= 0.3 is 0 Å². The van der Waals surface area contributed by atoms with E-state index in [-0.39, 0.29) is 0 Å². The summed E-state index contributed by atoms with van der Waals surface area (Å²) in [5.41, 5.74) is 7.34. The Hall–Kier alpha value is -0.540. The zero-order chi connectivity index (χ0) is 10.8. The Balaban J connectivity index is 2.16. The number of benzene rings is 1. The van der Waals surface area contributed by atoms with Crippen molar-refractivity contribution in [3.05, 3.63) is 28.7 Å². The van der Waals surface area contributed by atoms with Gasteiger partial charge in [-0.05, 0) is 37.5 Å². The Morgan fingerprint density at radius 3 is 2.80 bits per heavy atom. The normalized spacial score (nSPS) is 25.5. The number of halogens is 1. The van der Waals surface area contributed by atoms with Crippen molar-refractivity contribution < 1.29 is 0 Å². The van der Waals surface area contributed by atoms with Crippen LogP contribution in [0, 0.1) is 0 Å². The molecule has 0 saturated heterocycles. The summed E-state index contributed by atoms with van der Waals surface area (Å²) in [5.74, 6) is 0. The van der Waals surface area contributed by atoms with Gasteiger partial charge in [-0.2, -0.15) is 0 Å². The zero-order valence-electron chi connectivity index (χ0n) is 8.99. The average molecular weight is 269 g/mol. The number of rotatable bonds is 2. The molecule has 0 heterocycles. The van der Waals surface area contributed by atoms with E-state index in [1.165, 1.54) is 18.5 Å². The second-order valence-electron chi connectivity index (χ2n) is 4.25. The fourth-order valence-corrected chi connectivity index (χ4v) is 2.72. The van der Waals surface area contributed by atoms with Crippen LogP contribution in [-0.2, 0) is 0 Å². The largest absolute Gasteiger partial charge is 0.370 e. The van der Waals surface area contributed by atoms with E-state index in [1.807, 2.05) is 6.07 Å². The SMILES string of the molecule is CN(c1cccc(Br)c1)C1CCCC1N. The van der Waals surface area contributed by atoms with Crippen molar-refractivity contribution >= 4 is 21.6 Å². The summed E-state index contributed by atoms with van der Waals surface area (Å²) in [6, 6.07) is 9.22. The van der Waals surface area contributed by atoms with Crippen LogP contribution in [0.4, 0.5) is 5.69 Å². The molecule has 2 atom stereocenters. The molecule has 2 N–H and O–H groups in total. The van der Waals surface area contributed by atoms with Crippen LogP contribution in [0.1, 0.15) is 19.3 Å². The van der Waals surface area contributed by atoms with Gasteiger partial charge in [-0.1, -0.05) is 22.0 Å². The molecular weight excluding hydrogens is 252 g/mol. The Morgan fingerprint density at radius 2 is 2.20 bits per heavy atom. The monoisotopic (exact) mass is 268 g/mol. The van der Waals surface area contributed by atoms with E-state index in [2.05, 4.69) is 46.1 Å².